The molecule has 100 valence electrons. The number of aryl methyl sites for hydroxylation is 1. The summed E-state index contributed by atoms with van der Waals surface area (Å²) in [5, 5.41) is 9.05. The predicted octanol–water partition coefficient (Wildman–Crippen LogP) is 4.20. The predicted molar refractivity (Wildman–Crippen MR) is 76.6 cm³/mol. The van der Waals surface area contributed by atoms with Gasteiger partial charge in [0.05, 0.1) is 5.56 Å². The van der Waals surface area contributed by atoms with Gasteiger partial charge in [-0.25, -0.2) is 4.79 Å². The summed E-state index contributed by atoms with van der Waals surface area (Å²) in [5.74, 6) is -0.342. The third kappa shape index (κ3) is 2.70. The summed E-state index contributed by atoms with van der Waals surface area (Å²) in [5.41, 5.74) is 4.20. The van der Waals surface area contributed by atoms with E-state index in [1.807, 2.05) is 12.1 Å². The first kappa shape index (κ1) is 13.4. The molecular weight excluding hydrogens is 238 g/mol. The second-order valence-electron chi connectivity index (χ2n) is 4.96. The van der Waals surface area contributed by atoms with Crippen LogP contribution in [0.1, 0.15) is 47.8 Å². The molecule has 0 aliphatic heterocycles. The summed E-state index contributed by atoms with van der Waals surface area (Å²) in [4.78, 5) is 14.2. The van der Waals surface area contributed by atoms with Gasteiger partial charge in [-0.15, -0.1) is 0 Å². The van der Waals surface area contributed by atoms with Crippen LogP contribution < -0.4 is 0 Å². The van der Waals surface area contributed by atoms with Gasteiger partial charge in [-0.2, -0.15) is 0 Å². The first-order valence-corrected chi connectivity index (χ1v) is 6.56. The molecule has 0 saturated heterocycles. The number of aromatic carboxylic acids is 1. The van der Waals surface area contributed by atoms with Crippen molar-refractivity contribution < 1.29 is 9.90 Å². The van der Waals surface area contributed by atoms with Crippen molar-refractivity contribution in [3.05, 3.63) is 47.2 Å². The molecule has 0 radical (unpaired) electrons. The average molecular weight is 257 g/mol. The number of hydrogen-bond acceptors (Lipinski definition) is 1. The Morgan fingerprint density at radius 1 is 1.32 bits per heavy atom. The van der Waals surface area contributed by atoms with E-state index in [-0.39, 0.29) is 0 Å². The van der Waals surface area contributed by atoms with Crippen molar-refractivity contribution in [3.8, 4) is 11.3 Å². The van der Waals surface area contributed by atoms with Crippen LogP contribution in [-0.2, 0) is 0 Å². The molecular formula is C16H19NO2. The average Bonchev–Trinajstić information content (AvgIpc) is 2.80. The van der Waals surface area contributed by atoms with Crippen LogP contribution in [0.15, 0.2) is 30.3 Å². The quantitative estimate of drug-likeness (QED) is 0.862. The van der Waals surface area contributed by atoms with Gasteiger partial charge < -0.3 is 10.1 Å². The van der Waals surface area contributed by atoms with Crippen LogP contribution in [-0.4, -0.2) is 16.1 Å². The highest BCUT2D eigenvalue weighted by molar-refractivity contribution is 5.90. The van der Waals surface area contributed by atoms with E-state index in [0.717, 1.165) is 17.7 Å². The highest BCUT2D eigenvalue weighted by atomic mass is 16.4. The molecule has 19 heavy (non-hydrogen) atoms. The van der Waals surface area contributed by atoms with Crippen molar-refractivity contribution in [2.24, 2.45) is 0 Å². The number of benzene rings is 1. The molecule has 1 aromatic heterocycles. The monoisotopic (exact) mass is 257 g/mol. The molecule has 1 aromatic carbocycles. The lowest BCUT2D eigenvalue weighted by atomic mass is 9.97. The lowest BCUT2D eigenvalue weighted by Crippen LogP contribution is -1.95. The molecule has 0 saturated carbocycles. The van der Waals surface area contributed by atoms with E-state index < -0.39 is 5.97 Å². The lowest BCUT2D eigenvalue weighted by Gasteiger charge is -2.09. The van der Waals surface area contributed by atoms with Crippen LogP contribution in [0.25, 0.3) is 11.3 Å². The molecule has 0 aliphatic rings. The largest absolute Gasteiger partial charge is 0.478 e. The van der Waals surface area contributed by atoms with Gasteiger partial charge in [-0.3, -0.25) is 0 Å². The summed E-state index contributed by atoms with van der Waals surface area (Å²) in [6.07, 6.45) is 1.12. The van der Waals surface area contributed by atoms with Crippen LogP contribution in [0.5, 0.6) is 0 Å². The van der Waals surface area contributed by atoms with Crippen LogP contribution in [0.2, 0.25) is 0 Å². The summed E-state index contributed by atoms with van der Waals surface area (Å²) in [6.45, 7) is 6.16. The summed E-state index contributed by atoms with van der Waals surface area (Å²) >= 11 is 0. The number of aromatic nitrogens is 1. The van der Waals surface area contributed by atoms with E-state index in [9.17, 15) is 4.79 Å². The molecule has 0 aliphatic carbocycles. The van der Waals surface area contributed by atoms with Gasteiger partial charge >= 0.3 is 5.97 Å². The lowest BCUT2D eigenvalue weighted by molar-refractivity contribution is 0.0696. The molecule has 1 unspecified atom stereocenters. The third-order valence-corrected chi connectivity index (χ3v) is 3.65. The van der Waals surface area contributed by atoms with Gasteiger partial charge in [0.25, 0.3) is 0 Å². The molecule has 1 atom stereocenters. The van der Waals surface area contributed by atoms with Crippen molar-refractivity contribution in [2.45, 2.75) is 33.1 Å². The number of rotatable bonds is 4. The number of carboxylic acids is 1. The Morgan fingerprint density at radius 3 is 2.42 bits per heavy atom. The minimum absolute atomic E-state index is 0.334. The maximum Gasteiger partial charge on any atom is 0.337 e. The van der Waals surface area contributed by atoms with Gasteiger partial charge in [0, 0.05) is 11.4 Å². The molecule has 0 amide bonds. The Labute approximate surface area is 113 Å². The molecule has 3 nitrogen and oxygen atoms in total. The first-order chi connectivity index (χ1) is 9.02. The Bertz CT molecular complexity index is 581. The highest BCUT2D eigenvalue weighted by Gasteiger charge is 2.12. The van der Waals surface area contributed by atoms with E-state index in [4.69, 9.17) is 5.11 Å². The van der Waals surface area contributed by atoms with Gasteiger partial charge in [-0.05, 0) is 36.5 Å². The fourth-order valence-corrected chi connectivity index (χ4v) is 2.16. The molecule has 1 heterocycles. The van der Waals surface area contributed by atoms with E-state index in [1.54, 1.807) is 13.0 Å². The normalized spacial score (nSPS) is 12.4. The smallest absolute Gasteiger partial charge is 0.337 e. The van der Waals surface area contributed by atoms with E-state index in [0.29, 0.717) is 17.2 Å². The fourth-order valence-electron chi connectivity index (χ4n) is 2.16. The number of nitrogens with one attached hydrogen (secondary N) is 1. The fraction of sp³-hybridized carbons (Fsp3) is 0.312. The van der Waals surface area contributed by atoms with Gasteiger partial charge in [0.1, 0.15) is 0 Å². The SMILES string of the molecule is CCC(C)c1ccc(-c2cc(C(=O)O)c(C)[nH]2)cc1. The molecule has 0 spiro atoms. The summed E-state index contributed by atoms with van der Waals surface area (Å²) in [6, 6.07) is 9.99. The number of hydrogen-bond donors (Lipinski definition) is 2. The van der Waals surface area contributed by atoms with Gasteiger partial charge in [0.2, 0.25) is 0 Å². The molecule has 3 heteroatoms. The van der Waals surface area contributed by atoms with E-state index in [1.165, 1.54) is 5.56 Å². The zero-order valence-corrected chi connectivity index (χ0v) is 11.5. The highest BCUT2D eigenvalue weighted by Crippen LogP contribution is 2.25. The molecule has 0 bridgehead atoms. The van der Waals surface area contributed by atoms with Crippen molar-refractivity contribution in [1.29, 1.82) is 0 Å². The Morgan fingerprint density at radius 2 is 1.95 bits per heavy atom. The van der Waals surface area contributed by atoms with Crippen molar-refractivity contribution in [1.82, 2.24) is 4.98 Å². The van der Waals surface area contributed by atoms with Gasteiger partial charge in [-0.1, -0.05) is 38.1 Å². The van der Waals surface area contributed by atoms with E-state index in [2.05, 4.69) is 31.0 Å². The Balaban J connectivity index is 2.32. The van der Waals surface area contributed by atoms with Crippen LogP contribution >= 0.6 is 0 Å². The molecule has 2 rings (SSSR count). The number of aromatic amines is 1. The summed E-state index contributed by atoms with van der Waals surface area (Å²) < 4.78 is 0. The molecule has 2 aromatic rings. The first-order valence-electron chi connectivity index (χ1n) is 6.56. The van der Waals surface area contributed by atoms with Crippen LogP contribution in [0.4, 0.5) is 0 Å². The second kappa shape index (κ2) is 5.31. The van der Waals surface area contributed by atoms with Gasteiger partial charge in [0.15, 0.2) is 0 Å². The number of carbonyl (C=O) groups is 1. The Hall–Kier alpha value is -2.03. The van der Waals surface area contributed by atoms with Crippen molar-refractivity contribution >= 4 is 5.97 Å². The zero-order valence-electron chi connectivity index (χ0n) is 11.5. The van der Waals surface area contributed by atoms with Crippen molar-refractivity contribution in [2.75, 3.05) is 0 Å². The van der Waals surface area contributed by atoms with Crippen molar-refractivity contribution in [3.63, 3.8) is 0 Å². The van der Waals surface area contributed by atoms with Crippen LogP contribution in [0.3, 0.4) is 0 Å². The minimum atomic E-state index is -0.892. The number of H-pyrrole nitrogens is 1. The van der Waals surface area contributed by atoms with Crippen LogP contribution in [0, 0.1) is 6.92 Å². The standard InChI is InChI=1S/C16H19NO2/c1-4-10(2)12-5-7-13(8-6-12)15-9-14(16(18)19)11(3)17-15/h5-10,17H,4H2,1-3H3,(H,18,19). The topological polar surface area (TPSA) is 53.1 Å². The Kier molecular flexibility index (Phi) is 3.74. The second-order valence-corrected chi connectivity index (χ2v) is 4.96. The molecule has 2 N–H and O–H groups in total. The zero-order chi connectivity index (χ0) is 14.0. The van der Waals surface area contributed by atoms with E-state index >= 15 is 0 Å². The minimum Gasteiger partial charge on any atom is -0.478 e. The maximum absolute atomic E-state index is 11.0. The summed E-state index contributed by atoms with van der Waals surface area (Å²) in [7, 11) is 0. The molecule has 0 fully saturated rings. The number of carboxylic acid groups (broad SMARTS) is 1. The maximum atomic E-state index is 11.0. The third-order valence-electron chi connectivity index (χ3n) is 3.65.